The van der Waals surface area contributed by atoms with Gasteiger partial charge in [-0.15, -0.1) is 4.91 Å². The van der Waals surface area contributed by atoms with Crippen LogP contribution in [-0.4, -0.2) is 401 Å². The van der Waals surface area contributed by atoms with Crippen LogP contribution in [-0.2, 0) is 85.8 Å². The van der Waals surface area contributed by atoms with Gasteiger partial charge in [-0.25, -0.2) is 14.6 Å². The first-order chi connectivity index (χ1) is 42.9. The highest BCUT2D eigenvalue weighted by Crippen LogP contribution is 2.03. The number of aliphatic carboxylic acids is 2. The maximum Gasteiger partial charge on any atom is 0.329 e. The molecule has 6 saturated heterocycles. The van der Waals surface area contributed by atoms with Crippen LogP contribution < -0.4 is 21.8 Å². The van der Waals surface area contributed by atoms with Gasteiger partial charge in [-0.2, -0.15) is 0 Å². The second kappa shape index (κ2) is 64.1. The highest BCUT2D eigenvalue weighted by Gasteiger charge is 2.22. The van der Waals surface area contributed by atoms with E-state index in [1.165, 1.54) is 60.8 Å². The molecule has 0 aromatic rings. The smallest absolute Gasteiger partial charge is 0.329 e. The average Bonchev–Trinajstić information content (AvgIpc) is 3.62. The fourth-order valence-electron chi connectivity index (χ4n) is 7.21. The first kappa shape index (κ1) is 91.4. The first-order valence-corrected chi connectivity index (χ1v) is 29.3. The number of ether oxygens (including phenoxy) is 9. The molecule has 0 aromatic carbocycles. The van der Waals surface area contributed by atoms with Gasteiger partial charge in [0.1, 0.15) is 59.5 Å². The number of piperazine rings is 6. The van der Waals surface area contributed by atoms with Gasteiger partial charge in [0.25, 0.3) is 0 Å². The lowest BCUT2D eigenvalue weighted by molar-refractivity contribution is -0.142. The number of amides is 5. The summed E-state index contributed by atoms with van der Waals surface area (Å²) in [6, 6.07) is 0. The van der Waals surface area contributed by atoms with Crippen molar-refractivity contribution in [2.24, 2.45) is 11.1 Å². The van der Waals surface area contributed by atoms with Gasteiger partial charge in [0, 0.05) is 208 Å². The van der Waals surface area contributed by atoms with Gasteiger partial charge in [0.05, 0.1) is 18.4 Å². The van der Waals surface area contributed by atoms with Gasteiger partial charge in [0.15, 0.2) is 0 Å². The minimum atomic E-state index is -0.933. The number of hydrogen-bond acceptors (Lipinski definition) is 27. The summed E-state index contributed by atoms with van der Waals surface area (Å²) in [6.07, 6.45) is 0. The minimum absolute atomic E-state index is 0.00154. The maximum atomic E-state index is 11.3. The Morgan fingerprint density at radius 3 is 0.767 bits per heavy atom. The molecule has 37 heteroatoms. The van der Waals surface area contributed by atoms with E-state index in [1.54, 1.807) is 36.1 Å². The molecule has 0 unspecified atom stereocenters. The van der Waals surface area contributed by atoms with Crippen molar-refractivity contribution in [2.75, 3.05) is 295 Å². The number of carbonyl (C=O) groups excluding carboxylic acids is 7. The van der Waals surface area contributed by atoms with Gasteiger partial charge in [0.2, 0.25) is 40.0 Å². The summed E-state index contributed by atoms with van der Waals surface area (Å²) in [5.74, 6) is 3.97. The molecular formula is C53H106Cl2N14O21. The van der Waals surface area contributed by atoms with E-state index in [9.17, 15) is 48.1 Å². The van der Waals surface area contributed by atoms with Gasteiger partial charge in [-0.1, -0.05) is 0 Å². The molecule has 6 heterocycles. The quantitative estimate of drug-likeness (QED) is 0.0403. The number of nitrogens with zero attached hydrogens (tertiary/aromatic N) is 10. The molecule has 0 atom stereocenters. The minimum Gasteiger partial charge on any atom is -0.480 e. The fourth-order valence-corrected chi connectivity index (χ4v) is 7.43. The van der Waals surface area contributed by atoms with E-state index >= 15 is 0 Å². The molecule has 0 aromatic heterocycles. The molecule has 0 radical (unpaired) electrons. The van der Waals surface area contributed by atoms with E-state index in [-0.39, 0.29) is 89.0 Å². The molecular weight excluding hydrogens is 1240 g/mol. The van der Waals surface area contributed by atoms with Crippen LogP contribution in [0.1, 0.15) is 0 Å². The van der Waals surface area contributed by atoms with E-state index < -0.39 is 22.4 Å². The number of rotatable bonds is 19. The van der Waals surface area contributed by atoms with Crippen molar-refractivity contribution in [3.63, 3.8) is 0 Å². The fraction of sp³-hybridized carbons (Fsp3) is 0.830. The standard InChI is InChI=1S/C8H16N2O2.C7H13N3O3.C7H15N3O2.2C7H14N2O2.C5H12N2.2C3H5ClO2.2C3H6O3/c1-9-3-5-10(6-4-9)8(11)7-12-2;1-13-6-7(11)9-2-4-10(8-12)5-3-9;1-12-6-7(11)9-2-4-10(8)5-3-9;2*1-11-6-7(10)9-4-2-8-3-5-9;1-7-4-2-6-3-5-7;4*1-6-2-3(4)5/h3-7H2,1-2H3;2-6H2,1H3;2-6,8H2,1H3;2*8H,2-6H2,1H3;6H,2-5H2,1H3;2*2H2,1H3;2*2H2,1H3,(H,4,5). The third-order valence-electron chi connectivity index (χ3n) is 11.9. The molecule has 90 heavy (non-hydrogen) atoms. The van der Waals surface area contributed by atoms with Crippen LogP contribution in [0.5, 0.6) is 0 Å². The van der Waals surface area contributed by atoms with Crippen LogP contribution in [0.3, 0.4) is 0 Å². The lowest BCUT2D eigenvalue weighted by Crippen LogP contribution is -2.51. The topological polar surface area (TPSA) is 398 Å². The summed E-state index contributed by atoms with van der Waals surface area (Å²) >= 11 is 9.63. The van der Waals surface area contributed by atoms with Crippen molar-refractivity contribution in [3.05, 3.63) is 4.91 Å². The van der Waals surface area contributed by atoms with E-state index in [2.05, 4.69) is 64.1 Å². The first-order valence-electron chi connectivity index (χ1n) is 28.6. The molecule has 6 aliphatic rings. The van der Waals surface area contributed by atoms with Crippen molar-refractivity contribution in [3.8, 4) is 0 Å². The second-order valence-corrected chi connectivity index (χ2v) is 20.1. The van der Waals surface area contributed by atoms with Crippen LogP contribution in [0.4, 0.5) is 0 Å². The Morgan fingerprint density at radius 2 is 0.578 bits per heavy atom. The van der Waals surface area contributed by atoms with Crippen molar-refractivity contribution >= 4 is 75.2 Å². The van der Waals surface area contributed by atoms with Crippen molar-refractivity contribution in [1.29, 1.82) is 0 Å². The molecule has 0 spiro atoms. The maximum absolute atomic E-state index is 11.3. The predicted molar refractivity (Wildman–Crippen MR) is 334 cm³/mol. The zero-order chi connectivity index (χ0) is 68.9. The van der Waals surface area contributed by atoms with E-state index in [0.717, 1.165) is 105 Å². The number of carboxylic acid groups (broad SMARTS) is 2. The Bertz CT molecular complexity index is 1730. The third-order valence-corrected chi connectivity index (χ3v) is 12.1. The van der Waals surface area contributed by atoms with Crippen LogP contribution in [0.2, 0.25) is 0 Å². The number of carbonyl (C=O) groups is 9. The number of carboxylic acids is 2. The summed E-state index contributed by atoms with van der Waals surface area (Å²) < 4.78 is 40.8. The Labute approximate surface area is 540 Å². The molecule has 35 nitrogen and oxygen atoms in total. The number of nitrogens with two attached hydrogens (primary N) is 1. The molecule has 528 valence electrons. The van der Waals surface area contributed by atoms with Crippen molar-refractivity contribution < 1.29 is 96.0 Å². The van der Waals surface area contributed by atoms with E-state index in [0.29, 0.717) is 39.3 Å². The van der Waals surface area contributed by atoms with Crippen LogP contribution in [0, 0.1) is 4.91 Å². The molecule has 0 bridgehead atoms. The average molecular weight is 1350 g/mol. The zero-order valence-electron chi connectivity index (χ0n) is 54.8. The molecule has 0 aliphatic carbocycles. The Kier molecular flexibility index (Phi) is 65.1. The summed E-state index contributed by atoms with van der Waals surface area (Å²) in [7, 11) is 17.4. The van der Waals surface area contributed by atoms with Gasteiger partial charge < -0.3 is 103 Å². The second-order valence-electron chi connectivity index (χ2n) is 19.2. The van der Waals surface area contributed by atoms with Gasteiger partial charge in [-0.05, 0) is 37.3 Å². The summed E-state index contributed by atoms with van der Waals surface area (Å²) in [5, 5.41) is 30.2. The lowest BCUT2D eigenvalue weighted by atomic mass is 10.3. The normalized spacial score (nSPS) is 16.4. The number of halogens is 2. The molecule has 6 fully saturated rings. The van der Waals surface area contributed by atoms with E-state index in [1.807, 2.05) is 14.7 Å². The Hall–Kier alpha value is -5.03. The SMILES string of the molecule is CN1CCNCC1.COCC(=O)Cl.COCC(=O)Cl.COCC(=O)N1CCN(C)CC1.COCC(=O)N1CCN(N)CC1.COCC(=O)N1CCN(N=O)CC1.COCC(=O)N1CCNCC1.COCC(=O)N1CCNCC1.COCC(=O)O.COCC(=O)O. The van der Waals surface area contributed by atoms with Crippen LogP contribution in [0.25, 0.3) is 0 Å². The van der Waals surface area contributed by atoms with Crippen LogP contribution in [0.15, 0.2) is 5.29 Å². The molecule has 6 aliphatic heterocycles. The molecule has 5 amide bonds. The van der Waals surface area contributed by atoms with Gasteiger partial charge >= 0.3 is 11.9 Å². The third kappa shape index (κ3) is 58.1. The molecule has 6 rings (SSSR count). The Balaban J connectivity index is -0.000000463. The summed E-state index contributed by atoms with van der Waals surface area (Å²) in [4.78, 5) is 118. The Morgan fingerprint density at radius 1 is 0.356 bits per heavy atom. The van der Waals surface area contributed by atoms with Crippen molar-refractivity contribution in [1.82, 2.24) is 60.3 Å². The summed E-state index contributed by atoms with van der Waals surface area (Å²) in [6.45, 7) is 20.7. The van der Waals surface area contributed by atoms with E-state index in [4.69, 9.17) is 62.9 Å². The highest BCUT2D eigenvalue weighted by molar-refractivity contribution is 6.64. The zero-order valence-corrected chi connectivity index (χ0v) is 56.3. The van der Waals surface area contributed by atoms with Gasteiger partial charge in [-0.3, -0.25) is 44.4 Å². The molecule has 0 saturated carbocycles. The number of likely N-dealkylation sites (N-methyl/N-ethyl adjacent to an activating group) is 2. The number of hydrazine groups is 1. The molecule has 7 N–H and O–H groups in total. The lowest BCUT2D eigenvalue weighted by Gasteiger charge is -2.32. The van der Waals surface area contributed by atoms with Crippen LogP contribution >= 0.6 is 23.2 Å². The number of nitroso groups, excluding NO2 is 1. The monoisotopic (exact) mass is 1340 g/mol. The summed E-state index contributed by atoms with van der Waals surface area (Å²) in [5.41, 5.74) is 0. The highest BCUT2D eigenvalue weighted by atomic mass is 35.5. The predicted octanol–water partition coefficient (Wildman–Crippen LogP) is -4.60. The number of nitrogens with one attached hydrogen (secondary N) is 3. The number of hydrogen-bond donors (Lipinski definition) is 6. The number of methoxy groups -OCH3 is 9. The largest absolute Gasteiger partial charge is 0.480 e. The van der Waals surface area contributed by atoms with Crippen molar-refractivity contribution in [2.45, 2.75) is 0 Å².